The Bertz CT molecular complexity index is 1050. The van der Waals surface area contributed by atoms with Gasteiger partial charge in [-0.25, -0.2) is 15.0 Å². The van der Waals surface area contributed by atoms with Crippen molar-refractivity contribution in [2.45, 2.75) is 0 Å². The summed E-state index contributed by atoms with van der Waals surface area (Å²) in [4.78, 5) is 13.9. The molecule has 0 unspecified atom stereocenters. The fourth-order valence-electron chi connectivity index (χ4n) is 2.70. The Morgan fingerprint density at radius 2 is 1.00 bits per heavy atom. The molecule has 6 heteroatoms. The van der Waals surface area contributed by atoms with Crippen LogP contribution in [0.1, 0.15) is 0 Å². The number of rotatable bonds is 3. The van der Waals surface area contributed by atoms with E-state index in [0.717, 1.165) is 47.6 Å². The molecule has 0 aliphatic rings. The summed E-state index contributed by atoms with van der Waals surface area (Å²) in [6.07, 6.45) is 0. The smallest absolute Gasteiger partial charge is 0.106 e. The molecule has 1 aromatic carbocycles. The van der Waals surface area contributed by atoms with Gasteiger partial charge < -0.3 is 0 Å². The number of nitrogens with zero attached hydrogens (tertiary/aromatic N) is 3. The van der Waals surface area contributed by atoms with E-state index in [1.165, 1.54) is 0 Å². The fraction of sp³-hybridized carbons (Fsp3) is 0. The van der Waals surface area contributed by atoms with Crippen molar-refractivity contribution in [1.29, 1.82) is 0 Å². The van der Waals surface area contributed by atoms with Gasteiger partial charge in [0, 0.05) is 4.47 Å². The molecule has 4 rings (SSSR count). The zero-order chi connectivity index (χ0) is 18.8. The van der Waals surface area contributed by atoms with Gasteiger partial charge in [-0.05, 0) is 91.5 Å². The van der Waals surface area contributed by atoms with E-state index in [0.29, 0.717) is 0 Å². The van der Waals surface area contributed by atoms with Gasteiger partial charge >= 0.3 is 0 Å². The Balaban J connectivity index is 1.92. The van der Waals surface area contributed by atoms with Gasteiger partial charge in [0.25, 0.3) is 0 Å². The van der Waals surface area contributed by atoms with Gasteiger partial charge in [-0.1, -0.05) is 40.2 Å². The molecule has 0 N–H and O–H groups in total. The minimum absolute atomic E-state index is 0.776. The summed E-state index contributed by atoms with van der Waals surface area (Å²) in [6.45, 7) is 0. The van der Waals surface area contributed by atoms with Crippen LogP contribution in [0.5, 0.6) is 0 Å². The maximum atomic E-state index is 4.82. The molecule has 0 fully saturated rings. The van der Waals surface area contributed by atoms with Crippen molar-refractivity contribution >= 4 is 47.8 Å². The van der Waals surface area contributed by atoms with Crippen LogP contribution >= 0.6 is 47.8 Å². The lowest BCUT2D eigenvalue weighted by molar-refractivity contribution is 1.19. The minimum Gasteiger partial charge on any atom is -0.244 e. The van der Waals surface area contributed by atoms with E-state index in [1.54, 1.807) is 0 Å². The van der Waals surface area contributed by atoms with Crippen LogP contribution in [0.2, 0.25) is 0 Å². The average molecular weight is 546 g/mol. The van der Waals surface area contributed by atoms with Crippen molar-refractivity contribution in [1.82, 2.24) is 15.0 Å². The van der Waals surface area contributed by atoms with Gasteiger partial charge in [-0.3, -0.25) is 0 Å². The van der Waals surface area contributed by atoms with Gasteiger partial charge in [0.2, 0.25) is 0 Å². The highest BCUT2D eigenvalue weighted by Crippen LogP contribution is 2.30. The van der Waals surface area contributed by atoms with E-state index >= 15 is 0 Å². The number of benzene rings is 1. The first kappa shape index (κ1) is 18.5. The summed E-state index contributed by atoms with van der Waals surface area (Å²) in [5.41, 5.74) is 5.38. The highest BCUT2D eigenvalue weighted by molar-refractivity contribution is 9.11. The Morgan fingerprint density at radius 3 is 1.48 bits per heavy atom. The number of aromatic nitrogens is 3. The topological polar surface area (TPSA) is 38.7 Å². The molecule has 3 aromatic heterocycles. The first-order chi connectivity index (χ1) is 13.1. The number of pyridine rings is 3. The van der Waals surface area contributed by atoms with Gasteiger partial charge in [0.15, 0.2) is 0 Å². The molecule has 0 amide bonds. The monoisotopic (exact) mass is 543 g/mol. The minimum atomic E-state index is 0.776. The Labute approximate surface area is 182 Å². The quantitative estimate of drug-likeness (QED) is 0.256. The molecule has 132 valence electrons. The fourth-order valence-corrected chi connectivity index (χ4v) is 3.66. The maximum Gasteiger partial charge on any atom is 0.106 e. The van der Waals surface area contributed by atoms with Crippen LogP contribution in [-0.2, 0) is 0 Å². The summed E-state index contributed by atoms with van der Waals surface area (Å²) in [7, 11) is 0. The lowest BCUT2D eigenvalue weighted by atomic mass is 10.0. The molecule has 4 aromatic rings. The van der Waals surface area contributed by atoms with Crippen molar-refractivity contribution in [3.8, 4) is 33.9 Å². The predicted octanol–water partition coefficient (Wildman–Crippen LogP) is 7.16. The molecule has 0 atom stereocenters. The lowest BCUT2D eigenvalue weighted by Crippen LogP contribution is -1.94. The molecule has 27 heavy (non-hydrogen) atoms. The molecule has 0 radical (unpaired) electrons. The van der Waals surface area contributed by atoms with Crippen LogP contribution < -0.4 is 0 Å². The van der Waals surface area contributed by atoms with Crippen molar-refractivity contribution in [3.05, 3.63) is 86.5 Å². The summed E-state index contributed by atoms with van der Waals surface area (Å²) in [6, 6.07) is 24.0. The van der Waals surface area contributed by atoms with Gasteiger partial charge in [-0.15, -0.1) is 0 Å². The third kappa shape index (κ3) is 4.34. The highest BCUT2D eigenvalue weighted by atomic mass is 79.9. The third-order valence-corrected chi connectivity index (χ3v) is 5.37. The van der Waals surface area contributed by atoms with Crippen LogP contribution in [-0.4, -0.2) is 15.0 Å². The number of halogens is 3. The SMILES string of the molecule is Brc1ccc(-c2cc(-c3cccc(Br)n3)nc(-c3cccc(Br)n3)c2)cc1. The molecule has 3 heterocycles. The molecular weight excluding hydrogens is 534 g/mol. The van der Waals surface area contributed by atoms with E-state index < -0.39 is 0 Å². The van der Waals surface area contributed by atoms with E-state index in [4.69, 9.17) is 4.98 Å². The third-order valence-electron chi connectivity index (χ3n) is 3.96. The average Bonchev–Trinajstić information content (AvgIpc) is 2.68. The molecule has 0 aliphatic heterocycles. The van der Waals surface area contributed by atoms with Crippen molar-refractivity contribution in [2.75, 3.05) is 0 Å². The van der Waals surface area contributed by atoms with E-state index in [-0.39, 0.29) is 0 Å². The second-order valence-corrected chi connectivity index (χ2v) is 8.36. The van der Waals surface area contributed by atoms with Gasteiger partial charge in [0.05, 0.1) is 22.8 Å². The molecule has 0 saturated heterocycles. The molecule has 0 saturated carbocycles. The van der Waals surface area contributed by atoms with Crippen LogP contribution in [0.15, 0.2) is 86.5 Å². The summed E-state index contributed by atoms with van der Waals surface area (Å²) in [5.74, 6) is 0. The first-order valence-electron chi connectivity index (χ1n) is 8.12. The molecule has 0 bridgehead atoms. The Hall–Kier alpha value is -1.89. The van der Waals surface area contributed by atoms with E-state index in [2.05, 4.69) is 82.0 Å². The summed E-state index contributed by atoms with van der Waals surface area (Å²) < 4.78 is 2.60. The normalized spacial score (nSPS) is 10.8. The lowest BCUT2D eigenvalue weighted by Gasteiger charge is -2.10. The van der Waals surface area contributed by atoms with Crippen molar-refractivity contribution < 1.29 is 0 Å². The first-order valence-corrected chi connectivity index (χ1v) is 10.5. The summed E-state index contributed by atoms with van der Waals surface area (Å²) in [5, 5.41) is 0. The molecule has 3 nitrogen and oxygen atoms in total. The summed E-state index contributed by atoms with van der Waals surface area (Å²) >= 11 is 10.4. The van der Waals surface area contributed by atoms with Crippen molar-refractivity contribution in [3.63, 3.8) is 0 Å². The zero-order valence-corrected chi connectivity index (χ0v) is 18.7. The molecular formula is C21H12Br3N3. The van der Waals surface area contributed by atoms with Crippen LogP contribution in [0.4, 0.5) is 0 Å². The largest absolute Gasteiger partial charge is 0.244 e. The Kier molecular flexibility index (Phi) is 5.48. The van der Waals surface area contributed by atoms with Gasteiger partial charge in [0.1, 0.15) is 9.21 Å². The maximum absolute atomic E-state index is 4.82. The standard InChI is InChI=1S/C21H12Br3N3/c22-15-9-7-13(8-10-15)14-11-18(16-3-1-5-20(23)26-16)25-19(12-14)17-4-2-6-21(24)27-17/h1-12H. The second-order valence-electron chi connectivity index (χ2n) is 5.82. The van der Waals surface area contributed by atoms with Crippen molar-refractivity contribution in [2.24, 2.45) is 0 Å². The molecule has 0 spiro atoms. The molecule has 0 aliphatic carbocycles. The Morgan fingerprint density at radius 1 is 0.481 bits per heavy atom. The second kappa shape index (κ2) is 8.00. The van der Waals surface area contributed by atoms with Crippen LogP contribution in [0.25, 0.3) is 33.9 Å². The van der Waals surface area contributed by atoms with Crippen LogP contribution in [0, 0.1) is 0 Å². The zero-order valence-electron chi connectivity index (χ0n) is 13.9. The van der Waals surface area contributed by atoms with E-state index in [9.17, 15) is 0 Å². The van der Waals surface area contributed by atoms with Gasteiger partial charge in [-0.2, -0.15) is 0 Å². The number of hydrogen-bond donors (Lipinski definition) is 0. The van der Waals surface area contributed by atoms with Crippen LogP contribution in [0.3, 0.4) is 0 Å². The number of hydrogen-bond acceptors (Lipinski definition) is 3. The predicted molar refractivity (Wildman–Crippen MR) is 119 cm³/mol. The highest BCUT2D eigenvalue weighted by Gasteiger charge is 2.11. The van der Waals surface area contributed by atoms with E-state index in [1.807, 2.05) is 48.5 Å².